The van der Waals surface area contributed by atoms with Gasteiger partial charge in [-0.2, -0.15) is 0 Å². The molecule has 0 bridgehead atoms. The zero-order valence-electron chi connectivity index (χ0n) is 14.2. The second-order valence-corrected chi connectivity index (χ2v) is 7.49. The van der Waals surface area contributed by atoms with E-state index in [4.69, 9.17) is 5.73 Å². The molecule has 0 saturated carbocycles. The second-order valence-electron chi connectivity index (χ2n) is 7.49. The van der Waals surface area contributed by atoms with Gasteiger partial charge in [0, 0.05) is 31.5 Å². The summed E-state index contributed by atoms with van der Waals surface area (Å²) in [4.78, 5) is 25.9. The highest BCUT2D eigenvalue weighted by molar-refractivity contribution is 5.85. The van der Waals surface area contributed by atoms with Crippen molar-refractivity contribution in [3.63, 3.8) is 0 Å². The molecule has 5 nitrogen and oxygen atoms in total. The average Bonchev–Trinajstić information content (AvgIpc) is 2.86. The fourth-order valence-electron chi connectivity index (χ4n) is 2.92. The number of rotatable bonds is 4. The van der Waals surface area contributed by atoms with Crippen LogP contribution in [0.3, 0.4) is 0 Å². The van der Waals surface area contributed by atoms with Crippen molar-refractivity contribution in [1.29, 1.82) is 0 Å². The molecule has 0 radical (unpaired) electrons. The van der Waals surface area contributed by atoms with Crippen LogP contribution in [0.1, 0.15) is 38.7 Å². The topological polar surface area (TPSA) is 75.4 Å². The van der Waals surface area contributed by atoms with Gasteiger partial charge >= 0.3 is 0 Å². The predicted octanol–water partition coefficient (Wildman–Crippen LogP) is 1.49. The summed E-state index contributed by atoms with van der Waals surface area (Å²) >= 11 is 0. The molecular weight excluding hydrogens is 290 g/mol. The summed E-state index contributed by atoms with van der Waals surface area (Å²) in [7, 11) is 0. The predicted molar refractivity (Wildman–Crippen MR) is 90.8 cm³/mol. The van der Waals surface area contributed by atoms with Gasteiger partial charge in [0.25, 0.3) is 0 Å². The summed E-state index contributed by atoms with van der Waals surface area (Å²) in [5, 5.41) is 2.71. The van der Waals surface area contributed by atoms with Gasteiger partial charge in [0.05, 0.1) is 6.54 Å². The van der Waals surface area contributed by atoms with Crippen LogP contribution in [0.5, 0.6) is 0 Å². The molecule has 3 N–H and O–H groups in total. The summed E-state index contributed by atoms with van der Waals surface area (Å²) in [5.74, 6) is 0.000483. The smallest absolute Gasteiger partial charge is 0.242 e. The molecule has 23 heavy (non-hydrogen) atoms. The monoisotopic (exact) mass is 317 g/mol. The summed E-state index contributed by atoms with van der Waals surface area (Å²) in [5.41, 5.74) is 7.27. The highest BCUT2D eigenvalue weighted by Gasteiger charge is 2.33. The molecule has 2 amide bonds. The number of nitrogens with zero attached hydrogens (tertiary/aromatic N) is 1. The van der Waals surface area contributed by atoms with E-state index in [0.717, 1.165) is 5.56 Å². The number of nitrogens with two attached hydrogens (primary N) is 1. The Balaban J connectivity index is 1.86. The molecule has 1 aromatic carbocycles. The first-order valence-electron chi connectivity index (χ1n) is 8.11. The molecule has 1 fully saturated rings. The lowest BCUT2D eigenvalue weighted by molar-refractivity contribution is -0.132. The Hall–Kier alpha value is -1.88. The van der Waals surface area contributed by atoms with Gasteiger partial charge in [-0.3, -0.25) is 9.59 Å². The van der Waals surface area contributed by atoms with E-state index in [0.29, 0.717) is 19.5 Å². The number of likely N-dealkylation sites (tertiary alicyclic amines) is 1. The van der Waals surface area contributed by atoms with Crippen molar-refractivity contribution < 1.29 is 9.59 Å². The molecule has 2 rings (SSSR count). The van der Waals surface area contributed by atoms with Gasteiger partial charge in [0.2, 0.25) is 11.8 Å². The van der Waals surface area contributed by atoms with Gasteiger partial charge in [-0.25, -0.2) is 0 Å². The lowest BCUT2D eigenvalue weighted by atomic mass is 9.92. The molecular formula is C18H27N3O2. The van der Waals surface area contributed by atoms with Crippen molar-refractivity contribution in [3.05, 3.63) is 35.9 Å². The maximum absolute atomic E-state index is 12.3. The number of carbonyl (C=O) groups excluding carboxylic acids is 2. The van der Waals surface area contributed by atoms with Crippen molar-refractivity contribution >= 4 is 11.8 Å². The number of hydrogen-bond acceptors (Lipinski definition) is 3. The maximum atomic E-state index is 12.3. The van der Waals surface area contributed by atoms with Crippen LogP contribution in [-0.4, -0.2) is 42.4 Å². The normalized spacial score (nSPS) is 21.3. The number of nitrogens with one attached hydrogen (secondary N) is 1. The third-order valence-electron chi connectivity index (χ3n) is 4.07. The van der Waals surface area contributed by atoms with Gasteiger partial charge in [0.15, 0.2) is 0 Å². The van der Waals surface area contributed by atoms with Crippen LogP contribution in [0.15, 0.2) is 30.3 Å². The molecule has 1 aliphatic rings. The van der Waals surface area contributed by atoms with Crippen LogP contribution in [0.25, 0.3) is 0 Å². The quantitative estimate of drug-likeness (QED) is 0.883. The van der Waals surface area contributed by atoms with Gasteiger partial charge in [0.1, 0.15) is 0 Å². The van der Waals surface area contributed by atoms with Crippen LogP contribution in [0, 0.1) is 5.41 Å². The Labute approximate surface area is 138 Å². The number of carbonyl (C=O) groups is 2. The Morgan fingerprint density at radius 1 is 1.22 bits per heavy atom. The summed E-state index contributed by atoms with van der Waals surface area (Å²) in [6, 6.07) is 9.97. The lowest BCUT2D eigenvalue weighted by Gasteiger charge is -2.19. The van der Waals surface area contributed by atoms with Crippen molar-refractivity contribution in [2.24, 2.45) is 11.1 Å². The van der Waals surface area contributed by atoms with E-state index < -0.39 is 0 Å². The Bertz CT molecular complexity index is 551. The second kappa shape index (κ2) is 7.13. The van der Waals surface area contributed by atoms with Crippen LogP contribution >= 0.6 is 0 Å². The molecule has 2 atom stereocenters. The van der Waals surface area contributed by atoms with E-state index in [1.807, 2.05) is 51.1 Å². The summed E-state index contributed by atoms with van der Waals surface area (Å²) < 4.78 is 0. The van der Waals surface area contributed by atoms with E-state index in [1.165, 1.54) is 0 Å². The number of benzene rings is 1. The van der Waals surface area contributed by atoms with E-state index in [1.54, 1.807) is 4.90 Å². The summed E-state index contributed by atoms with van der Waals surface area (Å²) in [6.07, 6.45) is 0.409. The first-order valence-corrected chi connectivity index (χ1v) is 8.11. The average molecular weight is 317 g/mol. The summed E-state index contributed by atoms with van der Waals surface area (Å²) in [6.45, 7) is 7.19. The van der Waals surface area contributed by atoms with Gasteiger partial charge in [-0.05, 0) is 11.0 Å². The fourth-order valence-corrected chi connectivity index (χ4v) is 2.92. The molecule has 1 heterocycles. The number of amides is 2. The lowest BCUT2D eigenvalue weighted by Crippen LogP contribution is -2.40. The molecule has 1 aromatic rings. The maximum Gasteiger partial charge on any atom is 0.242 e. The van der Waals surface area contributed by atoms with Crippen LogP contribution < -0.4 is 11.1 Å². The Morgan fingerprint density at radius 3 is 2.48 bits per heavy atom. The highest BCUT2D eigenvalue weighted by atomic mass is 16.2. The molecule has 0 spiro atoms. The minimum absolute atomic E-state index is 0.0448. The minimum Gasteiger partial charge on any atom is -0.347 e. The van der Waals surface area contributed by atoms with Crippen molar-refractivity contribution in [2.45, 2.75) is 39.2 Å². The SMILES string of the molecule is CC(C)(C)CC(=O)NCC(=O)N1C[C@@H](N)[C@H](c2ccccc2)C1. The van der Waals surface area contributed by atoms with E-state index >= 15 is 0 Å². The molecule has 5 heteroatoms. The third kappa shape index (κ3) is 5.06. The van der Waals surface area contributed by atoms with Gasteiger partial charge in [-0.1, -0.05) is 51.1 Å². The zero-order valence-corrected chi connectivity index (χ0v) is 14.2. The third-order valence-corrected chi connectivity index (χ3v) is 4.07. The molecule has 0 aromatic heterocycles. The zero-order chi connectivity index (χ0) is 17.0. The minimum atomic E-state index is -0.0889. The van der Waals surface area contributed by atoms with E-state index in [9.17, 15) is 9.59 Å². The van der Waals surface area contributed by atoms with Crippen LogP contribution in [0.2, 0.25) is 0 Å². The van der Waals surface area contributed by atoms with Crippen molar-refractivity contribution in [2.75, 3.05) is 19.6 Å². The standard InChI is InChI=1S/C18H27N3O2/c1-18(2,3)9-16(22)20-10-17(23)21-11-14(15(19)12-21)13-7-5-4-6-8-13/h4-8,14-15H,9-12,19H2,1-3H3,(H,20,22)/t14-,15+/m0/s1. The largest absolute Gasteiger partial charge is 0.347 e. The molecule has 1 saturated heterocycles. The highest BCUT2D eigenvalue weighted by Crippen LogP contribution is 2.26. The number of hydrogen-bond donors (Lipinski definition) is 2. The van der Waals surface area contributed by atoms with Gasteiger partial charge in [-0.15, -0.1) is 0 Å². The first kappa shape index (κ1) is 17.5. The molecule has 126 valence electrons. The van der Waals surface area contributed by atoms with E-state index in [-0.39, 0.29) is 35.7 Å². The Morgan fingerprint density at radius 2 is 1.87 bits per heavy atom. The first-order chi connectivity index (χ1) is 10.8. The molecule has 1 aliphatic heterocycles. The fraction of sp³-hybridized carbons (Fsp3) is 0.556. The Kier molecular flexibility index (Phi) is 5.42. The molecule has 0 unspecified atom stereocenters. The van der Waals surface area contributed by atoms with Crippen LogP contribution in [0.4, 0.5) is 0 Å². The van der Waals surface area contributed by atoms with Gasteiger partial charge < -0.3 is 16.0 Å². The van der Waals surface area contributed by atoms with E-state index in [2.05, 4.69) is 5.32 Å². The van der Waals surface area contributed by atoms with Crippen molar-refractivity contribution in [1.82, 2.24) is 10.2 Å². The van der Waals surface area contributed by atoms with Crippen molar-refractivity contribution in [3.8, 4) is 0 Å². The molecule has 0 aliphatic carbocycles. The van der Waals surface area contributed by atoms with Crippen LogP contribution in [-0.2, 0) is 9.59 Å².